The Morgan fingerprint density at radius 2 is 1.58 bits per heavy atom. The van der Waals surface area contributed by atoms with Gasteiger partial charge in [-0.1, -0.05) is 48.5 Å². The molecule has 1 saturated heterocycles. The minimum atomic E-state index is -0.996. The summed E-state index contributed by atoms with van der Waals surface area (Å²) in [5, 5.41) is 4.24. The highest BCUT2D eigenvalue weighted by Crippen LogP contribution is 2.27. The molecule has 0 bridgehead atoms. The van der Waals surface area contributed by atoms with E-state index in [9.17, 15) is 14.4 Å². The number of carbonyl (C=O) groups excluding carboxylic acids is 3. The second-order valence-electron chi connectivity index (χ2n) is 8.14. The van der Waals surface area contributed by atoms with E-state index >= 15 is 0 Å². The molecule has 0 unspecified atom stereocenters. The van der Waals surface area contributed by atoms with Crippen LogP contribution in [0.5, 0.6) is 5.75 Å². The molecule has 8 nitrogen and oxygen atoms in total. The van der Waals surface area contributed by atoms with E-state index in [-0.39, 0.29) is 17.4 Å². The Bertz CT molecular complexity index is 1240. The van der Waals surface area contributed by atoms with Gasteiger partial charge in [-0.25, -0.2) is 5.01 Å². The summed E-state index contributed by atoms with van der Waals surface area (Å²) in [6, 6.07) is 24.2. The number of methoxy groups -OCH3 is 1. The number of thiocarbonyl (C=S) groups is 1. The van der Waals surface area contributed by atoms with E-state index in [4.69, 9.17) is 17.0 Å². The minimum absolute atomic E-state index is 0.0801. The molecule has 3 aromatic carbocycles. The lowest BCUT2D eigenvalue weighted by atomic mass is 10.1. The maximum atomic E-state index is 13.5. The zero-order valence-electron chi connectivity index (χ0n) is 19.7. The second kappa shape index (κ2) is 11.5. The van der Waals surface area contributed by atoms with Gasteiger partial charge in [-0.3, -0.25) is 24.7 Å². The van der Waals surface area contributed by atoms with Gasteiger partial charge in [0.15, 0.2) is 0 Å². The number of ether oxygens (including phenoxy) is 1. The first-order valence-corrected chi connectivity index (χ1v) is 11.9. The molecule has 1 atom stereocenters. The monoisotopic (exact) mass is 502 g/mol. The van der Waals surface area contributed by atoms with Gasteiger partial charge in [0, 0.05) is 12.1 Å². The van der Waals surface area contributed by atoms with Crippen LogP contribution in [0.3, 0.4) is 0 Å². The molecule has 0 radical (unpaired) electrons. The van der Waals surface area contributed by atoms with Crippen LogP contribution in [0, 0.1) is 0 Å². The summed E-state index contributed by atoms with van der Waals surface area (Å²) in [5.74, 6) is -0.531. The lowest BCUT2D eigenvalue weighted by molar-refractivity contribution is -0.127. The number of anilines is 1. The standard InChI is InChI=1S/C27H26N4O4S/c1-35-22-14-12-21(13-15-22)30-26(34)23(18-24(32)28-17-16-19-8-4-2-5-9-19)31(27(30)36)29-25(33)20-10-6-3-7-11-20/h2-15,23H,16-18H2,1H3,(H,28,32)(H,29,33)/t23-/m1/s1. The number of hydrogen-bond donors (Lipinski definition) is 2. The van der Waals surface area contributed by atoms with Gasteiger partial charge in [0.2, 0.25) is 11.0 Å². The van der Waals surface area contributed by atoms with E-state index in [2.05, 4.69) is 10.7 Å². The molecular formula is C27H26N4O4S. The fourth-order valence-corrected chi connectivity index (χ4v) is 4.24. The van der Waals surface area contributed by atoms with Gasteiger partial charge >= 0.3 is 0 Å². The van der Waals surface area contributed by atoms with Gasteiger partial charge < -0.3 is 10.1 Å². The van der Waals surface area contributed by atoms with Crippen molar-refractivity contribution in [1.29, 1.82) is 0 Å². The number of rotatable bonds is 9. The Balaban J connectivity index is 1.51. The average Bonchev–Trinajstić information content (AvgIpc) is 3.13. The zero-order chi connectivity index (χ0) is 25.5. The van der Waals surface area contributed by atoms with Gasteiger partial charge in [-0.05, 0) is 60.6 Å². The first-order valence-electron chi connectivity index (χ1n) is 11.5. The molecule has 184 valence electrons. The molecule has 0 spiro atoms. The number of hydrogen-bond acceptors (Lipinski definition) is 5. The highest BCUT2D eigenvalue weighted by molar-refractivity contribution is 7.80. The summed E-state index contributed by atoms with van der Waals surface area (Å²) in [6.45, 7) is 0.423. The summed E-state index contributed by atoms with van der Waals surface area (Å²) >= 11 is 5.59. The predicted octanol–water partition coefficient (Wildman–Crippen LogP) is 3.09. The molecule has 36 heavy (non-hydrogen) atoms. The topological polar surface area (TPSA) is 91.0 Å². The van der Waals surface area contributed by atoms with Gasteiger partial charge in [0.25, 0.3) is 11.8 Å². The Morgan fingerprint density at radius 3 is 2.22 bits per heavy atom. The summed E-state index contributed by atoms with van der Waals surface area (Å²) < 4.78 is 5.19. The van der Waals surface area contributed by atoms with Crippen molar-refractivity contribution < 1.29 is 19.1 Å². The van der Waals surface area contributed by atoms with Gasteiger partial charge in [0.1, 0.15) is 11.8 Å². The number of benzene rings is 3. The van der Waals surface area contributed by atoms with E-state index in [1.54, 1.807) is 61.7 Å². The molecule has 2 N–H and O–H groups in total. The van der Waals surface area contributed by atoms with Crippen LogP contribution in [0.4, 0.5) is 5.69 Å². The van der Waals surface area contributed by atoms with Crippen LogP contribution in [0.1, 0.15) is 22.3 Å². The van der Waals surface area contributed by atoms with Crippen LogP contribution in [0.2, 0.25) is 0 Å². The normalized spacial score (nSPS) is 15.1. The van der Waals surface area contributed by atoms with Crippen molar-refractivity contribution in [3.63, 3.8) is 0 Å². The van der Waals surface area contributed by atoms with Crippen LogP contribution in [0.25, 0.3) is 0 Å². The third-order valence-corrected chi connectivity index (χ3v) is 6.14. The van der Waals surface area contributed by atoms with E-state index in [0.717, 1.165) is 5.56 Å². The predicted molar refractivity (Wildman–Crippen MR) is 140 cm³/mol. The fraction of sp³-hybridized carbons (Fsp3) is 0.185. The lowest BCUT2D eigenvalue weighted by Crippen LogP contribution is -2.50. The molecule has 0 saturated carbocycles. The molecule has 9 heteroatoms. The number of nitrogens with one attached hydrogen (secondary N) is 2. The molecule has 3 aromatic rings. The van der Waals surface area contributed by atoms with Crippen molar-refractivity contribution in [3.8, 4) is 5.75 Å². The Hall–Kier alpha value is -4.24. The third-order valence-electron chi connectivity index (χ3n) is 5.76. The maximum absolute atomic E-state index is 13.5. The van der Waals surface area contributed by atoms with E-state index in [1.165, 1.54) is 9.91 Å². The third kappa shape index (κ3) is 5.69. The quantitative estimate of drug-likeness (QED) is 0.437. The minimum Gasteiger partial charge on any atom is -0.497 e. The molecule has 3 amide bonds. The molecule has 4 rings (SSSR count). The van der Waals surface area contributed by atoms with Crippen molar-refractivity contribution in [3.05, 3.63) is 96.1 Å². The highest BCUT2D eigenvalue weighted by Gasteiger charge is 2.45. The van der Waals surface area contributed by atoms with Crippen molar-refractivity contribution in [1.82, 2.24) is 15.8 Å². The Morgan fingerprint density at radius 1 is 0.944 bits per heavy atom. The number of amides is 3. The van der Waals surface area contributed by atoms with Crippen molar-refractivity contribution >= 4 is 40.7 Å². The largest absolute Gasteiger partial charge is 0.497 e. The first-order chi connectivity index (χ1) is 17.5. The number of carbonyl (C=O) groups is 3. The van der Waals surface area contributed by atoms with Gasteiger partial charge in [-0.2, -0.15) is 0 Å². The lowest BCUT2D eigenvalue weighted by Gasteiger charge is -2.24. The molecule has 0 aromatic heterocycles. The first kappa shape index (κ1) is 24.9. The average molecular weight is 503 g/mol. The SMILES string of the molecule is COc1ccc(N2C(=O)[C@@H](CC(=O)NCCc3ccccc3)N(NC(=O)c3ccccc3)C2=S)cc1. The molecule has 0 aliphatic carbocycles. The summed E-state index contributed by atoms with van der Waals surface area (Å²) in [7, 11) is 1.55. The zero-order valence-corrected chi connectivity index (χ0v) is 20.5. The van der Waals surface area contributed by atoms with Crippen molar-refractivity contribution in [2.45, 2.75) is 18.9 Å². The second-order valence-corrected chi connectivity index (χ2v) is 8.50. The van der Waals surface area contributed by atoms with Crippen LogP contribution < -0.4 is 20.4 Å². The Kier molecular flexibility index (Phi) is 7.92. The Labute approximate surface area is 214 Å². The van der Waals surface area contributed by atoms with Crippen LogP contribution in [-0.4, -0.2) is 47.5 Å². The summed E-state index contributed by atoms with van der Waals surface area (Å²) in [6.07, 6.45) is 0.492. The van der Waals surface area contributed by atoms with Gasteiger partial charge in [0.05, 0.1) is 19.2 Å². The van der Waals surface area contributed by atoms with Crippen molar-refractivity contribution in [2.75, 3.05) is 18.6 Å². The highest BCUT2D eigenvalue weighted by atomic mass is 32.1. The number of hydrazine groups is 1. The van der Waals surface area contributed by atoms with E-state index in [0.29, 0.717) is 30.0 Å². The van der Waals surface area contributed by atoms with Crippen molar-refractivity contribution in [2.24, 2.45) is 0 Å². The van der Waals surface area contributed by atoms with Gasteiger partial charge in [-0.15, -0.1) is 0 Å². The fourth-order valence-electron chi connectivity index (χ4n) is 3.87. The summed E-state index contributed by atoms with van der Waals surface area (Å²) in [4.78, 5) is 40.5. The molecular weight excluding hydrogens is 476 g/mol. The number of nitrogens with zero attached hydrogens (tertiary/aromatic N) is 2. The molecule has 1 aliphatic heterocycles. The molecule has 1 heterocycles. The van der Waals surface area contributed by atoms with E-state index in [1.807, 2.05) is 30.3 Å². The van der Waals surface area contributed by atoms with E-state index < -0.39 is 17.9 Å². The molecule has 1 fully saturated rings. The van der Waals surface area contributed by atoms with Crippen LogP contribution in [-0.2, 0) is 16.0 Å². The smallest absolute Gasteiger partial charge is 0.269 e. The molecule has 1 aliphatic rings. The van der Waals surface area contributed by atoms with Crippen LogP contribution >= 0.6 is 12.2 Å². The van der Waals surface area contributed by atoms with Crippen LogP contribution in [0.15, 0.2) is 84.9 Å². The maximum Gasteiger partial charge on any atom is 0.269 e. The summed E-state index contributed by atoms with van der Waals surface area (Å²) in [5.41, 5.74) is 4.73.